The Morgan fingerprint density at radius 2 is 1.95 bits per heavy atom. The number of fused-ring (bicyclic) bond motifs is 1. The molecule has 1 amide bonds. The minimum Gasteiger partial charge on any atom is -0.323 e. The van der Waals surface area contributed by atoms with Gasteiger partial charge in [-0.2, -0.15) is 0 Å². The van der Waals surface area contributed by atoms with E-state index in [0.717, 1.165) is 28.3 Å². The number of hydrogen-bond acceptors (Lipinski definition) is 2. The fraction of sp³-hybridized carbons (Fsp3) is 0.222. The van der Waals surface area contributed by atoms with Crippen LogP contribution in [0.15, 0.2) is 47.5 Å². The third-order valence-electron chi connectivity index (χ3n) is 4.07. The molecule has 3 nitrogen and oxygen atoms in total. The van der Waals surface area contributed by atoms with Gasteiger partial charge in [0.1, 0.15) is 6.54 Å². The van der Waals surface area contributed by atoms with Crippen molar-refractivity contribution >= 4 is 17.8 Å². The number of amides is 1. The van der Waals surface area contributed by atoms with Crippen LogP contribution >= 0.6 is 0 Å². The van der Waals surface area contributed by atoms with Gasteiger partial charge in [0.25, 0.3) is 0 Å². The first-order valence-corrected chi connectivity index (χ1v) is 7.34. The van der Waals surface area contributed by atoms with Crippen molar-refractivity contribution < 1.29 is 4.79 Å². The Bertz CT molecular complexity index is 745. The van der Waals surface area contributed by atoms with E-state index in [2.05, 4.69) is 40.6 Å². The summed E-state index contributed by atoms with van der Waals surface area (Å²) in [7, 11) is 0. The molecule has 1 aliphatic heterocycles. The number of hydrogen-bond donors (Lipinski definition) is 1. The number of benzene rings is 2. The molecule has 0 aromatic heterocycles. The molecule has 3 heteroatoms. The molecule has 2 aromatic carbocycles. The summed E-state index contributed by atoms with van der Waals surface area (Å²) < 4.78 is 0. The van der Waals surface area contributed by atoms with Crippen molar-refractivity contribution in [3.8, 4) is 11.1 Å². The molecule has 2 aromatic rings. The highest BCUT2D eigenvalue weighted by Crippen LogP contribution is 2.42. The number of nitrogens with zero attached hydrogens (tertiary/aromatic N) is 1. The highest BCUT2D eigenvalue weighted by Gasteiger charge is 2.24. The molecule has 1 heterocycles. The average molecular weight is 276 g/mol. The SMILES string of the molecule is O=C1CN=Cc2cccc(-c3cccc(C4CC4)c3)c2N1. The molecule has 0 radical (unpaired) electrons. The van der Waals surface area contributed by atoms with Gasteiger partial charge in [-0.15, -0.1) is 0 Å². The average Bonchev–Trinajstić information content (AvgIpc) is 3.34. The standard InChI is InChI=1S/C18H16N2O/c21-17-11-19-10-15-5-2-6-16(18(15)20-17)14-4-1-3-13(9-14)12-7-8-12/h1-6,9-10,12H,7-8,11H2,(H,20,21). The number of aliphatic imine (C=N–C) groups is 1. The highest BCUT2D eigenvalue weighted by atomic mass is 16.1. The van der Waals surface area contributed by atoms with E-state index in [0.29, 0.717) is 0 Å². The summed E-state index contributed by atoms with van der Waals surface area (Å²) in [5.41, 5.74) is 5.47. The van der Waals surface area contributed by atoms with E-state index in [9.17, 15) is 4.79 Å². The Morgan fingerprint density at radius 1 is 1.10 bits per heavy atom. The molecule has 0 atom stereocenters. The summed E-state index contributed by atoms with van der Waals surface area (Å²) in [6.07, 6.45) is 4.36. The number of nitrogens with one attached hydrogen (secondary N) is 1. The summed E-state index contributed by atoms with van der Waals surface area (Å²) >= 11 is 0. The van der Waals surface area contributed by atoms with E-state index in [1.165, 1.54) is 18.4 Å². The van der Waals surface area contributed by atoms with Crippen molar-refractivity contribution in [2.24, 2.45) is 4.99 Å². The van der Waals surface area contributed by atoms with Crippen LogP contribution in [0.1, 0.15) is 29.9 Å². The van der Waals surface area contributed by atoms with Gasteiger partial charge >= 0.3 is 0 Å². The second-order valence-corrected chi connectivity index (χ2v) is 5.69. The molecule has 0 bridgehead atoms. The smallest absolute Gasteiger partial charge is 0.246 e. The van der Waals surface area contributed by atoms with Gasteiger partial charge in [-0.1, -0.05) is 42.5 Å². The lowest BCUT2D eigenvalue weighted by atomic mass is 9.97. The zero-order chi connectivity index (χ0) is 14.2. The van der Waals surface area contributed by atoms with Gasteiger partial charge in [0.2, 0.25) is 5.91 Å². The normalized spacial score (nSPS) is 17.0. The van der Waals surface area contributed by atoms with Crippen LogP contribution < -0.4 is 5.32 Å². The summed E-state index contributed by atoms with van der Waals surface area (Å²) in [6.45, 7) is 0.191. The van der Waals surface area contributed by atoms with Gasteiger partial charge in [-0.3, -0.25) is 9.79 Å². The van der Waals surface area contributed by atoms with Crippen molar-refractivity contribution in [3.05, 3.63) is 53.6 Å². The molecule has 21 heavy (non-hydrogen) atoms. The van der Waals surface area contributed by atoms with Crippen LogP contribution in [0.4, 0.5) is 5.69 Å². The van der Waals surface area contributed by atoms with E-state index in [4.69, 9.17) is 0 Å². The molecule has 4 rings (SSSR count). The Kier molecular flexibility index (Phi) is 2.85. The summed E-state index contributed by atoms with van der Waals surface area (Å²) in [6, 6.07) is 14.7. The van der Waals surface area contributed by atoms with Crippen LogP contribution in [0.25, 0.3) is 11.1 Å². The summed E-state index contributed by atoms with van der Waals surface area (Å²) in [5, 5.41) is 2.99. The zero-order valence-corrected chi connectivity index (χ0v) is 11.7. The Balaban J connectivity index is 1.84. The third-order valence-corrected chi connectivity index (χ3v) is 4.07. The predicted molar refractivity (Wildman–Crippen MR) is 84.9 cm³/mol. The summed E-state index contributed by atoms with van der Waals surface area (Å²) in [4.78, 5) is 15.9. The fourth-order valence-electron chi connectivity index (χ4n) is 2.84. The van der Waals surface area contributed by atoms with Crippen molar-refractivity contribution in [1.29, 1.82) is 0 Å². The molecule has 0 saturated heterocycles. The number of benzodiazepines with no additional fused rings is 1. The topological polar surface area (TPSA) is 41.5 Å². The number of anilines is 1. The number of carbonyl (C=O) groups is 1. The second kappa shape index (κ2) is 4.85. The zero-order valence-electron chi connectivity index (χ0n) is 11.7. The predicted octanol–water partition coefficient (Wildman–Crippen LogP) is 3.60. The third kappa shape index (κ3) is 2.35. The van der Waals surface area contributed by atoms with Crippen LogP contribution in [0.2, 0.25) is 0 Å². The first-order valence-electron chi connectivity index (χ1n) is 7.34. The highest BCUT2D eigenvalue weighted by molar-refractivity contribution is 6.06. The molecule has 1 aliphatic carbocycles. The van der Waals surface area contributed by atoms with Crippen LogP contribution in [-0.4, -0.2) is 18.7 Å². The lowest BCUT2D eigenvalue weighted by Crippen LogP contribution is -2.14. The number of para-hydroxylation sites is 1. The van der Waals surface area contributed by atoms with Gasteiger partial charge in [-0.05, 0) is 29.9 Å². The number of carbonyl (C=O) groups excluding carboxylic acids is 1. The maximum atomic E-state index is 11.8. The van der Waals surface area contributed by atoms with E-state index in [1.807, 2.05) is 12.1 Å². The maximum absolute atomic E-state index is 11.8. The van der Waals surface area contributed by atoms with E-state index < -0.39 is 0 Å². The van der Waals surface area contributed by atoms with Gasteiger partial charge in [0.05, 0.1) is 5.69 Å². The maximum Gasteiger partial charge on any atom is 0.246 e. The largest absolute Gasteiger partial charge is 0.323 e. The van der Waals surface area contributed by atoms with Gasteiger partial charge in [0, 0.05) is 17.3 Å². The van der Waals surface area contributed by atoms with Crippen molar-refractivity contribution in [3.63, 3.8) is 0 Å². The van der Waals surface area contributed by atoms with Gasteiger partial charge in [0.15, 0.2) is 0 Å². The quantitative estimate of drug-likeness (QED) is 0.894. The molecular weight excluding hydrogens is 260 g/mol. The molecular formula is C18H16N2O. The first-order chi connectivity index (χ1) is 10.3. The van der Waals surface area contributed by atoms with Gasteiger partial charge < -0.3 is 5.32 Å². The van der Waals surface area contributed by atoms with Crippen LogP contribution in [0.5, 0.6) is 0 Å². The van der Waals surface area contributed by atoms with Gasteiger partial charge in [-0.25, -0.2) is 0 Å². The lowest BCUT2D eigenvalue weighted by molar-refractivity contribution is -0.114. The Hall–Kier alpha value is -2.42. The van der Waals surface area contributed by atoms with Crippen LogP contribution in [-0.2, 0) is 4.79 Å². The van der Waals surface area contributed by atoms with Crippen molar-refractivity contribution in [2.45, 2.75) is 18.8 Å². The van der Waals surface area contributed by atoms with Crippen LogP contribution in [0.3, 0.4) is 0 Å². The van der Waals surface area contributed by atoms with E-state index in [1.54, 1.807) is 6.21 Å². The Labute approximate surface area is 123 Å². The van der Waals surface area contributed by atoms with Crippen molar-refractivity contribution in [1.82, 2.24) is 0 Å². The molecule has 1 saturated carbocycles. The minimum absolute atomic E-state index is 0.0594. The molecule has 0 unspecified atom stereocenters. The molecule has 104 valence electrons. The molecule has 1 N–H and O–H groups in total. The van der Waals surface area contributed by atoms with Crippen LogP contribution in [0, 0.1) is 0 Å². The summed E-state index contributed by atoms with van der Waals surface area (Å²) in [5.74, 6) is 0.666. The van der Waals surface area contributed by atoms with E-state index in [-0.39, 0.29) is 12.5 Å². The van der Waals surface area contributed by atoms with E-state index >= 15 is 0 Å². The lowest BCUT2D eigenvalue weighted by Gasteiger charge is -2.13. The molecule has 0 spiro atoms. The Morgan fingerprint density at radius 3 is 2.81 bits per heavy atom. The van der Waals surface area contributed by atoms with Crippen molar-refractivity contribution in [2.75, 3.05) is 11.9 Å². The second-order valence-electron chi connectivity index (χ2n) is 5.69. The number of rotatable bonds is 2. The fourth-order valence-corrected chi connectivity index (χ4v) is 2.84. The first kappa shape index (κ1) is 12.3. The molecule has 1 fully saturated rings. The molecule has 2 aliphatic rings. The monoisotopic (exact) mass is 276 g/mol. The minimum atomic E-state index is -0.0594.